The summed E-state index contributed by atoms with van der Waals surface area (Å²) in [6.45, 7) is 1.87. The van der Waals surface area contributed by atoms with Crippen LogP contribution in [-0.2, 0) is 15.7 Å². The predicted molar refractivity (Wildman–Crippen MR) is 83.2 cm³/mol. The number of halogens is 3. The third-order valence-corrected chi connectivity index (χ3v) is 3.44. The Labute approximate surface area is 136 Å². The summed E-state index contributed by atoms with van der Waals surface area (Å²) < 4.78 is 44.1. The van der Waals surface area contributed by atoms with E-state index in [9.17, 15) is 18.0 Å². The molecule has 1 heterocycles. The zero-order valence-corrected chi connectivity index (χ0v) is 12.6. The third-order valence-electron chi connectivity index (χ3n) is 3.44. The fourth-order valence-corrected chi connectivity index (χ4v) is 2.34. The van der Waals surface area contributed by atoms with Crippen LogP contribution in [0.25, 0.3) is 6.08 Å². The molecular weight excluding hydrogens is 319 g/mol. The van der Waals surface area contributed by atoms with E-state index in [2.05, 4.69) is 4.99 Å². The molecule has 0 amide bonds. The Kier molecular flexibility index (Phi) is 3.97. The van der Waals surface area contributed by atoms with Gasteiger partial charge in [-0.25, -0.2) is 9.79 Å². The number of benzene rings is 2. The van der Waals surface area contributed by atoms with Crippen molar-refractivity contribution in [3.8, 4) is 0 Å². The summed E-state index contributed by atoms with van der Waals surface area (Å²) in [5, 5.41) is 0. The lowest BCUT2D eigenvalue weighted by atomic mass is 10.1. The summed E-state index contributed by atoms with van der Waals surface area (Å²) in [6.07, 6.45) is -3.42. The van der Waals surface area contributed by atoms with Gasteiger partial charge in [0.25, 0.3) is 0 Å². The van der Waals surface area contributed by atoms with Gasteiger partial charge in [-0.3, -0.25) is 0 Å². The highest BCUT2D eigenvalue weighted by molar-refractivity contribution is 6.12. The lowest BCUT2D eigenvalue weighted by Crippen LogP contribution is -2.08. The molecule has 0 unspecified atom stereocenters. The summed E-state index contributed by atoms with van der Waals surface area (Å²) in [5.41, 5.74) is 0.417. The molecule has 0 fully saturated rings. The summed E-state index contributed by atoms with van der Waals surface area (Å²) in [7, 11) is 0. The Bertz CT molecular complexity index is 867. The number of ether oxygens (including phenoxy) is 1. The summed E-state index contributed by atoms with van der Waals surface area (Å²) in [5.74, 6) is -0.692. The first-order valence-electron chi connectivity index (χ1n) is 7.10. The largest absolute Gasteiger partial charge is 0.416 e. The highest BCUT2D eigenvalue weighted by atomic mass is 19.4. The van der Waals surface area contributed by atoms with Gasteiger partial charge in [-0.2, -0.15) is 13.2 Å². The SMILES string of the molecule is Cc1cccc(C2=N/C(=C\c3ccccc3C(F)(F)F)C(=O)O2)c1. The molecule has 2 aromatic rings. The van der Waals surface area contributed by atoms with E-state index >= 15 is 0 Å². The lowest BCUT2D eigenvalue weighted by molar-refractivity contribution is -0.137. The molecule has 2 aromatic carbocycles. The van der Waals surface area contributed by atoms with Crippen LogP contribution in [0.1, 0.15) is 22.3 Å². The predicted octanol–water partition coefficient (Wildman–Crippen LogP) is 4.36. The van der Waals surface area contributed by atoms with Crippen LogP contribution in [0.15, 0.2) is 59.2 Å². The molecule has 3 rings (SSSR count). The first-order chi connectivity index (χ1) is 11.3. The van der Waals surface area contributed by atoms with Crippen molar-refractivity contribution in [1.29, 1.82) is 0 Å². The van der Waals surface area contributed by atoms with Crippen molar-refractivity contribution in [1.82, 2.24) is 0 Å². The van der Waals surface area contributed by atoms with Gasteiger partial charge in [-0.15, -0.1) is 0 Å². The zero-order valence-electron chi connectivity index (χ0n) is 12.6. The van der Waals surface area contributed by atoms with Crippen molar-refractivity contribution >= 4 is 17.9 Å². The van der Waals surface area contributed by atoms with Gasteiger partial charge in [0.2, 0.25) is 5.90 Å². The van der Waals surface area contributed by atoms with Crippen LogP contribution in [0, 0.1) is 6.92 Å². The number of hydrogen-bond donors (Lipinski definition) is 0. The monoisotopic (exact) mass is 331 g/mol. The minimum Gasteiger partial charge on any atom is -0.402 e. The third kappa shape index (κ3) is 3.22. The normalized spacial score (nSPS) is 16.2. The first kappa shape index (κ1) is 16.0. The number of rotatable bonds is 2. The van der Waals surface area contributed by atoms with Crippen LogP contribution >= 0.6 is 0 Å². The van der Waals surface area contributed by atoms with Gasteiger partial charge in [-0.05, 0) is 36.8 Å². The van der Waals surface area contributed by atoms with E-state index in [1.165, 1.54) is 18.2 Å². The van der Waals surface area contributed by atoms with E-state index in [4.69, 9.17) is 4.74 Å². The van der Waals surface area contributed by atoms with E-state index in [-0.39, 0.29) is 17.2 Å². The van der Waals surface area contributed by atoms with Crippen molar-refractivity contribution in [3.63, 3.8) is 0 Å². The number of nitrogens with zero attached hydrogens (tertiary/aromatic N) is 1. The number of alkyl halides is 3. The van der Waals surface area contributed by atoms with Gasteiger partial charge in [-0.1, -0.05) is 35.9 Å². The standard InChI is InChI=1S/C18H12F3NO2/c1-11-5-4-7-13(9-11)16-22-15(17(23)24-16)10-12-6-2-3-8-14(12)18(19,20)21/h2-10H,1H3/b15-10-. The molecule has 0 spiro atoms. The average Bonchev–Trinajstić information content (AvgIpc) is 2.88. The van der Waals surface area contributed by atoms with Gasteiger partial charge in [0.1, 0.15) is 0 Å². The second kappa shape index (κ2) is 5.96. The van der Waals surface area contributed by atoms with Crippen molar-refractivity contribution in [2.75, 3.05) is 0 Å². The van der Waals surface area contributed by atoms with E-state index in [0.29, 0.717) is 5.56 Å². The molecule has 0 atom stereocenters. The zero-order chi connectivity index (χ0) is 17.3. The Morgan fingerprint density at radius 3 is 2.54 bits per heavy atom. The maximum absolute atomic E-state index is 13.0. The van der Waals surface area contributed by atoms with Gasteiger partial charge in [0, 0.05) is 5.56 Å². The van der Waals surface area contributed by atoms with Gasteiger partial charge in [0.05, 0.1) is 5.56 Å². The number of aryl methyl sites for hydroxylation is 1. The fraction of sp³-hybridized carbons (Fsp3) is 0.111. The van der Waals surface area contributed by atoms with E-state index in [1.807, 2.05) is 13.0 Å². The molecule has 0 radical (unpaired) electrons. The van der Waals surface area contributed by atoms with Crippen molar-refractivity contribution in [2.45, 2.75) is 13.1 Å². The first-order valence-corrected chi connectivity index (χ1v) is 7.10. The van der Waals surface area contributed by atoms with Crippen LogP contribution in [0.3, 0.4) is 0 Å². The second-order valence-electron chi connectivity index (χ2n) is 5.29. The smallest absolute Gasteiger partial charge is 0.402 e. The minimum absolute atomic E-state index is 0.0828. The van der Waals surface area contributed by atoms with Crippen molar-refractivity contribution in [3.05, 3.63) is 76.5 Å². The van der Waals surface area contributed by atoms with E-state index in [1.54, 1.807) is 18.2 Å². The van der Waals surface area contributed by atoms with Crippen molar-refractivity contribution in [2.24, 2.45) is 4.99 Å². The molecule has 6 heteroatoms. The maximum Gasteiger partial charge on any atom is 0.416 e. The minimum atomic E-state index is -4.51. The van der Waals surface area contributed by atoms with Crippen molar-refractivity contribution < 1.29 is 22.7 Å². The maximum atomic E-state index is 13.0. The quantitative estimate of drug-likeness (QED) is 0.606. The van der Waals surface area contributed by atoms with Crippen LogP contribution in [0.5, 0.6) is 0 Å². The van der Waals surface area contributed by atoms with Gasteiger partial charge < -0.3 is 4.74 Å². The highest BCUT2D eigenvalue weighted by Gasteiger charge is 2.33. The Hall–Kier alpha value is -2.89. The summed E-state index contributed by atoms with van der Waals surface area (Å²) in [4.78, 5) is 16.0. The van der Waals surface area contributed by atoms with Crippen LogP contribution < -0.4 is 0 Å². The molecule has 0 saturated carbocycles. The van der Waals surface area contributed by atoms with Gasteiger partial charge in [0.15, 0.2) is 5.70 Å². The summed E-state index contributed by atoms with van der Waals surface area (Å²) >= 11 is 0. The number of cyclic esters (lactones) is 1. The Morgan fingerprint density at radius 1 is 1.08 bits per heavy atom. The molecule has 24 heavy (non-hydrogen) atoms. The topological polar surface area (TPSA) is 38.7 Å². The molecule has 1 aliphatic heterocycles. The van der Waals surface area contributed by atoms with Crippen LogP contribution in [0.2, 0.25) is 0 Å². The number of esters is 1. The van der Waals surface area contributed by atoms with Crippen LogP contribution in [-0.4, -0.2) is 11.9 Å². The average molecular weight is 331 g/mol. The number of carbonyl (C=O) groups is 1. The molecule has 0 aromatic heterocycles. The molecule has 122 valence electrons. The van der Waals surface area contributed by atoms with E-state index in [0.717, 1.165) is 17.7 Å². The summed E-state index contributed by atoms with van der Waals surface area (Å²) in [6, 6.07) is 12.1. The second-order valence-corrected chi connectivity index (χ2v) is 5.29. The Balaban J connectivity index is 2.01. The molecule has 0 saturated heterocycles. The number of aliphatic imine (C=N–C) groups is 1. The Morgan fingerprint density at radius 2 is 1.83 bits per heavy atom. The molecule has 3 nitrogen and oxygen atoms in total. The molecule has 0 bridgehead atoms. The molecular formula is C18H12F3NO2. The molecule has 1 aliphatic rings. The van der Waals surface area contributed by atoms with Crippen LogP contribution in [0.4, 0.5) is 13.2 Å². The van der Waals surface area contributed by atoms with E-state index < -0.39 is 17.7 Å². The van der Waals surface area contributed by atoms with Gasteiger partial charge >= 0.3 is 12.1 Å². The molecule has 0 N–H and O–H groups in total. The number of hydrogen-bond acceptors (Lipinski definition) is 3. The lowest BCUT2D eigenvalue weighted by Gasteiger charge is -2.09. The fourth-order valence-electron chi connectivity index (χ4n) is 2.34. The molecule has 0 aliphatic carbocycles. The number of carbonyl (C=O) groups excluding carboxylic acids is 1. The highest BCUT2D eigenvalue weighted by Crippen LogP contribution is 2.33.